The number of rotatable bonds is 6. The zero-order valence-electron chi connectivity index (χ0n) is 26.6. The third kappa shape index (κ3) is 6.89. The van der Waals surface area contributed by atoms with E-state index in [2.05, 4.69) is 31.1 Å². The first-order chi connectivity index (χ1) is 20.3. The van der Waals surface area contributed by atoms with Crippen LogP contribution in [0.5, 0.6) is 0 Å². The van der Waals surface area contributed by atoms with E-state index < -0.39 is 23.8 Å². The molecule has 1 aliphatic heterocycles. The summed E-state index contributed by atoms with van der Waals surface area (Å²) in [7, 11) is 0. The molecule has 0 radical (unpaired) electrons. The third-order valence-corrected chi connectivity index (χ3v) is 9.24. The van der Waals surface area contributed by atoms with Gasteiger partial charge in [0.15, 0.2) is 0 Å². The molecule has 1 aromatic carbocycles. The summed E-state index contributed by atoms with van der Waals surface area (Å²) in [6.45, 7) is 12.4. The van der Waals surface area contributed by atoms with Crippen LogP contribution in [0.3, 0.4) is 0 Å². The molecule has 4 unspecified atom stereocenters. The summed E-state index contributed by atoms with van der Waals surface area (Å²) in [4.78, 5) is 50.4. The maximum absolute atomic E-state index is 15.0. The number of anilines is 1. The van der Waals surface area contributed by atoms with Gasteiger partial charge in [0.25, 0.3) is 5.91 Å². The Morgan fingerprint density at radius 2 is 1.65 bits per heavy atom. The fourth-order valence-electron chi connectivity index (χ4n) is 6.81. The van der Waals surface area contributed by atoms with Crippen LogP contribution in [0.15, 0.2) is 48.8 Å². The molecule has 232 valence electrons. The predicted molar refractivity (Wildman–Crippen MR) is 168 cm³/mol. The highest BCUT2D eigenvalue weighted by Gasteiger charge is 2.55. The minimum Gasteiger partial charge on any atom is -0.444 e. The highest BCUT2D eigenvalue weighted by molar-refractivity contribution is 6.05. The van der Waals surface area contributed by atoms with Gasteiger partial charge >= 0.3 is 6.09 Å². The topological polar surface area (TPSA) is 91.8 Å². The lowest BCUT2D eigenvalue weighted by Crippen LogP contribution is -2.55. The minimum absolute atomic E-state index is 0.0346. The number of aromatic nitrogens is 1. The van der Waals surface area contributed by atoms with Crippen LogP contribution in [0.2, 0.25) is 0 Å². The van der Waals surface area contributed by atoms with Gasteiger partial charge < -0.3 is 10.1 Å². The number of hydrogen-bond donors (Lipinski definition) is 1. The van der Waals surface area contributed by atoms with E-state index in [0.29, 0.717) is 17.8 Å². The molecule has 2 heterocycles. The van der Waals surface area contributed by atoms with E-state index in [-0.39, 0.29) is 35.1 Å². The molecule has 1 aromatic heterocycles. The lowest BCUT2D eigenvalue weighted by molar-refractivity contribution is -0.130. The number of pyridine rings is 1. The zero-order valence-corrected chi connectivity index (χ0v) is 26.6. The molecule has 0 spiro atoms. The summed E-state index contributed by atoms with van der Waals surface area (Å²) in [5.74, 6) is -0.193. The molecule has 4 atom stereocenters. The fourth-order valence-corrected chi connectivity index (χ4v) is 6.81. The Balaban J connectivity index is 1.58. The SMILES string of the molecule is CC(C)(C)OC(=O)N1CC2CCC2C1C(=O)N(c1ccc(C(C)(C)C)cc1)C(C(=O)NC1CCCCC1)c1cccnc1. The summed E-state index contributed by atoms with van der Waals surface area (Å²) in [5.41, 5.74) is 1.62. The van der Waals surface area contributed by atoms with Crippen molar-refractivity contribution >= 4 is 23.6 Å². The van der Waals surface area contributed by atoms with Crippen LogP contribution >= 0.6 is 0 Å². The summed E-state index contributed by atoms with van der Waals surface area (Å²) in [6.07, 6.45) is 9.89. The number of nitrogens with zero attached hydrogens (tertiary/aromatic N) is 3. The number of amides is 3. The van der Waals surface area contributed by atoms with Gasteiger partial charge in [-0.25, -0.2) is 4.79 Å². The molecule has 8 heteroatoms. The quantitative estimate of drug-likeness (QED) is 0.413. The maximum atomic E-state index is 15.0. The number of nitrogens with one attached hydrogen (secondary N) is 1. The average Bonchev–Trinajstić information content (AvgIpc) is 3.20. The van der Waals surface area contributed by atoms with Gasteiger partial charge in [0, 0.05) is 36.2 Å². The number of hydrogen-bond acceptors (Lipinski definition) is 5. The molecule has 3 aliphatic rings. The van der Waals surface area contributed by atoms with E-state index in [9.17, 15) is 14.4 Å². The first-order valence-electron chi connectivity index (χ1n) is 16.0. The van der Waals surface area contributed by atoms with Gasteiger partial charge in [-0.05, 0) is 87.5 Å². The number of carbonyl (C=O) groups is 3. The normalized spacial score (nSPS) is 23.1. The standard InChI is InChI=1S/C35H48N4O4/c1-34(2,3)25-15-17-27(18-16-25)39(29(23-11-10-20-36-21-23)31(40)37-26-12-8-7-9-13-26)32(41)30-28-19-14-24(28)22-38(30)33(42)43-35(4,5)6/h10-11,15-18,20-21,24,26,28-30H,7-9,12-14,19,22H2,1-6H3,(H,37,40). The van der Waals surface area contributed by atoms with Crippen LogP contribution in [0.25, 0.3) is 0 Å². The maximum Gasteiger partial charge on any atom is 0.410 e. The van der Waals surface area contributed by atoms with Crippen molar-refractivity contribution in [1.29, 1.82) is 0 Å². The lowest BCUT2D eigenvalue weighted by Gasteiger charge is -2.39. The van der Waals surface area contributed by atoms with Gasteiger partial charge in [-0.1, -0.05) is 58.2 Å². The molecule has 3 fully saturated rings. The van der Waals surface area contributed by atoms with Crippen molar-refractivity contribution < 1.29 is 19.1 Å². The smallest absolute Gasteiger partial charge is 0.410 e. The van der Waals surface area contributed by atoms with Crippen LogP contribution in [-0.4, -0.2) is 52.0 Å². The van der Waals surface area contributed by atoms with E-state index in [1.165, 1.54) is 6.42 Å². The van der Waals surface area contributed by atoms with Crippen molar-refractivity contribution in [2.45, 2.75) is 116 Å². The van der Waals surface area contributed by atoms with Gasteiger partial charge in [-0.15, -0.1) is 0 Å². The van der Waals surface area contributed by atoms with Crippen molar-refractivity contribution in [2.24, 2.45) is 11.8 Å². The van der Waals surface area contributed by atoms with Gasteiger partial charge in [-0.2, -0.15) is 0 Å². The molecular formula is C35H48N4O4. The van der Waals surface area contributed by atoms with E-state index >= 15 is 0 Å². The van der Waals surface area contributed by atoms with Crippen LogP contribution in [0, 0.1) is 11.8 Å². The van der Waals surface area contributed by atoms with Crippen LogP contribution in [0.4, 0.5) is 10.5 Å². The Kier molecular flexibility index (Phi) is 8.87. The monoisotopic (exact) mass is 588 g/mol. The molecule has 8 nitrogen and oxygen atoms in total. The molecular weight excluding hydrogens is 540 g/mol. The van der Waals surface area contributed by atoms with Gasteiger partial charge in [0.2, 0.25) is 5.91 Å². The largest absolute Gasteiger partial charge is 0.444 e. The third-order valence-electron chi connectivity index (χ3n) is 9.24. The molecule has 2 aromatic rings. The van der Waals surface area contributed by atoms with Crippen molar-refractivity contribution in [2.75, 3.05) is 11.4 Å². The van der Waals surface area contributed by atoms with Crippen molar-refractivity contribution in [3.63, 3.8) is 0 Å². The highest BCUT2D eigenvalue weighted by Crippen LogP contribution is 2.47. The number of likely N-dealkylation sites (tertiary alicyclic amines) is 1. The molecule has 2 saturated carbocycles. The molecule has 0 bridgehead atoms. The number of ether oxygens (including phenoxy) is 1. The number of benzene rings is 1. The van der Waals surface area contributed by atoms with Gasteiger partial charge in [-0.3, -0.25) is 24.4 Å². The first kappa shape index (κ1) is 31.0. The average molecular weight is 589 g/mol. The highest BCUT2D eigenvalue weighted by atomic mass is 16.6. The molecule has 1 N–H and O–H groups in total. The van der Waals surface area contributed by atoms with Gasteiger partial charge in [0.1, 0.15) is 17.7 Å². The second-order valence-electron chi connectivity index (χ2n) is 14.6. The van der Waals surface area contributed by atoms with Crippen molar-refractivity contribution in [1.82, 2.24) is 15.2 Å². The summed E-state index contributed by atoms with van der Waals surface area (Å²) >= 11 is 0. The number of fused-ring (bicyclic) bond motifs is 1. The summed E-state index contributed by atoms with van der Waals surface area (Å²) in [6, 6.07) is 9.99. The Labute approximate surface area is 256 Å². The second-order valence-corrected chi connectivity index (χ2v) is 14.6. The van der Waals surface area contributed by atoms with E-state index in [1.54, 1.807) is 28.3 Å². The Hall–Kier alpha value is -3.42. The predicted octanol–water partition coefficient (Wildman–Crippen LogP) is 6.55. The van der Waals surface area contributed by atoms with Crippen molar-refractivity contribution in [3.05, 3.63) is 59.9 Å². The van der Waals surface area contributed by atoms with Gasteiger partial charge in [0.05, 0.1) is 0 Å². The lowest BCUT2D eigenvalue weighted by atomic mass is 9.72. The van der Waals surface area contributed by atoms with E-state index in [0.717, 1.165) is 44.1 Å². The Morgan fingerprint density at radius 3 is 2.21 bits per heavy atom. The molecule has 43 heavy (non-hydrogen) atoms. The summed E-state index contributed by atoms with van der Waals surface area (Å²) < 4.78 is 5.79. The van der Waals surface area contributed by atoms with Crippen LogP contribution in [-0.2, 0) is 19.7 Å². The fraction of sp³-hybridized carbons (Fsp3) is 0.600. The minimum atomic E-state index is -0.941. The molecule has 1 saturated heterocycles. The van der Waals surface area contributed by atoms with E-state index in [4.69, 9.17) is 4.74 Å². The number of carbonyl (C=O) groups excluding carboxylic acids is 3. The molecule has 2 aliphatic carbocycles. The van der Waals surface area contributed by atoms with Crippen molar-refractivity contribution in [3.8, 4) is 0 Å². The zero-order chi connectivity index (χ0) is 30.9. The Bertz CT molecular complexity index is 1290. The summed E-state index contributed by atoms with van der Waals surface area (Å²) in [5, 5.41) is 3.28. The molecule has 5 rings (SSSR count). The Morgan fingerprint density at radius 1 is 0.953 bits per heavy atom. The van der Waals surface area contributed by atoms with E-state index in [1.807, 2.05) is 51.1 Å². The molecule has 3 amide bonds. The van der Waals surface area contributed by atoms with Crippen LogP contribution in [0.1, 0.15) is 104 Å². The second kappa shape index (κ2) is 12.3. The van der Waals surface area contributed by atoms with Crippen LogP contribution < -0.4 is 10.2 Å². The first-order valence-corrected chi connectivity index (χ1v) is 16.0.